The van der Waals surface area contributed by atoms with Crippen molar-refractivity contribution < 1.29 is 13.9 Å². The molecule has 3 nitrogen and oxygen atoms in total. The van der Waals surface area contributed by atoms with Crippen molar-refractivity contribution in [3.05, 3.63) is 58.0 Å². The van der Waals surface area contributed by atoms with Crippen molar-refractivity contribution in [1.82, 2.24) is 5.32 Å². The Morgan fingerprint density at radius 3 is 2.76 bits per heavy atom. The van der Waals surface area contributed by atoms with E-state index in [1.165, 1.54) is 23.5 Å². The second-order valence-electron chi connectivity index (χ2n) is 5.17. The van der Waals surface area contributed by atoms with Gasteiger partial charge in [0, 0.05) is 18.6 Å². The molecule has 110 valence electrons. The summed E-state index contributed by atoms with van der Waals surface area (Å²) in [6.45, 7) is 1.11. The molecule has 5 heteroatoms. The van der Waals surface area contributed by atoms with Crippen LogP contribution < -0.4 is 5.32 Å². The van der Waals surface area contributed by atoms with Crippen LogP contribution in [0.25, 0.3) is 0 Å². The quantitative estimate of drug-likeness (QED) is 0.944. The van der Waals surface area contributed by atoms with Crippen molar-refractivity contribution in [1.29, 1.82) is 0 Å². The zero-order valence-corrected chi connectivity index (χ0v) is 12.3. The van der Waals surface area contributed by atoms with Crippen LogP contribution in [0.3, 0.4) is 0 Å². The van der Waals surface area contributed by atoms with Gasteiger partial charge in [-0.05, 0) is 42.0 Å². The number of carbonyl (C=O) groups excluding carboxylic acids is 1. The van der Waals surface area contributed by atoms with Crippen molar-refractivity contribution in [3.63, 3.8) is 0 Å². The van der Waals surface area contributed by atoms with Gasteiger partial charge in [-0.3, -0.25) is 4.79 Å². The summed E-state index contributed by atoms with van der Waals surface area (Å²) >= 11 is 1.48. The van der Waals surface area contributed by atoms with E-state index in [0.29, 0.717) is 31.6 Å². The van der Waals surface area contributed by atoms with E-state index in [2.05, 4.69) is 5.32 Å². The van der Waals surface area contributed by atoms with E-state index in [4.69, 9.17) is 4.74 Å². The largest absolute Gasteiger partial charge is 0.381 e. The minimum atomic E-state index is -0.556. The highest BCUT2D eigenvalue weighted by molar-refractivity contribution is 7.08. The van der Waals surface area contributed by atoms with Crippen LogP contribution >= 0.6 is 11.3 Å². The Labute approximate surface area is 126 Å². The molecule has 0 bridgehead atoms. The SMILES string of the molecule is O=C(NC1(c2cccc(F)c2)CCOCC1)c1ccsc1. The zero-order chi connectivity index (χ0) is 14.7. The standard InChI is InChI=1S/C16H16FNO2S/c17-14-3-1-2-13(10-14)16(5-7-20-8-6-16)18-15(19)12-4-9-21-11-12/h1-4,9-11H,5-8H2,(H,18,19). The molecule has 0 saturated carbocycles. The van der Waals surface area contributed by atoms with Gasteiger partial charge in [0.15, 0.2) is 0 Å². The van der Waals surface area contributed by atoms with Gasteiger partial charge in [-0.1, -0.05) is 12.1 Å². The molecule has 0 radical (unpaired) electrons. The molecule has 1 aromatic carbocycles. The summed E-state index contributed by atoms with van der Waals surface area (Å²) in [4.78, 5) is 12.4. The maximum Gasteiger partial charge on any atom is 0.252 e. The maximum absolute atomic E-state index is 13.6. The fourth-order valence-electron chi connectivity index (χ4n) is 2.68. The molecule has 1 amide bonds. The van der Waals surface area contributed by atoms with Crippen LogP contribution in [0.4, 0.5) is 4.39 Å². The lowest BCUT2D eigenvalue weighted by Crippen LogP contribution is -2.49. The van der Waals surface area contributed by atoms with E-state index in [-0.39, 0.29) is 11.7 Å². The molecule has 1 aliphatic rings. The van der Waals surface area contributed by atoms with Crippen LogP contribution in [-0.2, 0) is 10.3 Å². The Balaban J connectivity index is 1.91. The Morgan fingerprint density at radius 1 is 1.29 bits per heavy atom. The Kier molecular flexibility index (Phi) is 4.03. The molecule has 0 aliphatic carbocycles. The van der Waals surface area contributed by atoms with Crippen molar-refractivity contribution in [2.45, 2.75) is 18.4 Å². The number of ether oxygens (including phenoxy) is 1. The number of benzene rings is 1. The maximum atomic E-state index is 13.6. The van der Waals surface area contributed by atoms with E-state index in [1.807, 2.05) is 16.8 Å². The summed E-state index contributed by atoms with van der Waals surface area (Å²) in [5, 5.41) is 6.78. The summed E-state index contributed by atoms with van der Waals surface area (Å²) in [5.41, 5.74) is 0.885. The average molecular weight is 305 g/mol. The molecule has 1 fully saturated rings. The highest BCUT2D eigenvalue weighted by atomic mass is 32.1. The normalized spacial score (nSPS) is 17.4. The lowest BCUT2D eigenvalue weighted by molar-refractivity contribution is 0.0344. The van der Waals surface area contributed by atoms with Crippen molar-refractivity contribution >= 4 is 17.2 Å². The molecule has 0 spiro atoms. The van der Waals surface area contributed by atoms with Gasteiger partial charge < -0.3 is 10.1 Å². The summed E-state index contributed by atoms with van der Waals surface area (Å²) in [6.07, 6.45) is 1.29. The first-order valence-electron chi connectivity index (χ1n) is 6.88. The molecule has 1 aromatic heterocycles. The van der Waals surface area contributed by atoms with Gasteiger partial charge in [-0.15, -0.1) is 0 Å². The average Bonchev–Trinajstić information content (AvgIpc) is 3.02. The predicted molar refractivity (Wildman–Crippen MR) is 79.9 cm³/mol. The summed E-state index contributed by atoms with van der Waals surface area (Å²) in [7, 11) is 0. The summed E-state index contributed by atoms with van der Waals surface area (Å²) < 4.78 is 19.0. The van der Waals surface area contributed by atoms with Crippen LogP contribution in [0.15, 0.2) is 41.1 Å². The second-order valence-corrected chi connectivity index (χ2v) is 5.95. The molecule has 1 aliphatic heterocycles. The number of hydrogen-bond donors (Lipinski definition) is 1. The minimum Gasteiger partial charge on any atom is -0.381 e. The molecule has 21 heavy (non-hydrogen) atoms. The highest BCUT2D eigenvalue weighted by Gasteiger charge is 2.36. The van der Waals surface area contributed by atoms with Crippen molar-refractivity contribution in [3.8, 4) is 0 Å². The van der Waals surface area contributed by atoms with Crippen LogP contribution in [0.1, 0.15) is 28.8 Å². The zero-order valence-electron chi connectivity index (χ0n) is 11.5. The topological polar surface area (TPSA) is 38.3 Å². The molecule has 1 N–H and O–H groups in total. The minimum absolute atomic E-state index is 0.123. The van der Waals surface area contributed by atoms with Crippen LogP contribution in [-0.4, -0.2) is 19.1 Å². The molecule has 2 aromatic rings. The molecule has 1 saturated heterocycles. The number of rotatable bonds is 3. The lowest BCUT2D eigenvalue weighted by atomic mass is 9.82. The highest BCUT2D eigenvalue weighted by Crippen LogP contribution is 2.33. The number of amides is 1. The first-order chi connectivity index (χ1) is 10.2. The predicted octanol–water partition coefficient (Wildman–Crippen LogP) is 3.32. The van der Waals surface area contributed by atoms with Gasteiger partial charge in [0.2, 0.25) is 0 Å². The Morgan fingerprint density at radius 2 is 2.10 bits per heavy atom. The third-order valence-electron chi connectivity index (χ3n) is 3.86. The van der Waals surface area contributed by atoms with Crippen LogP contribution in [0.2, 0.25) is 0 Å². The van der Waals surface area contributed by atoms with Gasteiger partial charge in [-0.2, -0.15) is 11.3 Å². The van der Waals surface area contributed by atoms with Gasteiger partial charge in [0.05, 0.1) is 11.1 Å². The van der Waals surface area contributed by atoms with E-state index < -0.39 is 5.54 Å². The van der Waals surface area contributed by atoms with Crippen molar-refractivity contribution in [2.75, 3.05) is 13.2 Å². The molecular formula is C16H16FNO2S. The second kappa shape index (κ2) is 5.95. The van der Waals surface area contributed by atoms with Gasteiger partial charge >= 0.3 is 0 Å². The third kappa shape index (κ3) is 2.99. The first kappa shape index (κ1) is 14.2. The third-order valence-corrected chi connectivity index (χ3v) is 4.54. The summed E-state index contributed by atoms with van der Waals surface area (Å²) in [5.74, 6) is -0.412. The molecule has 0 unspecified atom stereocenters. The van der Waals surface area contributed by atoms with Gasteiger partial charge in [0.25, 0.3) is 5.91 Å². The van der Waals surface area contributed by atoms with Gasteiger partial charge in [-0.25, -0.2) is 4.39 Å². The first-order valence-corrected chi connectivity index (χ1v) is 7.82. The van der Waals surface area contributed by atoms with Crippen molar-refractivity contribution in [2.24, 2.45) is 0 Å². The number of carbonyl (C=O) groups is 1. The number of thiophene rings is 1. The number of halogens is 1. The fraction of sp³-hybridized carbons (Fsp3) is 0.312. The molecule has 3 rings (SSSR count). The van der Waals surface area contributed by atoms with E-state index in [1.54, 1.807) is 12.1 Å². The van der Waals surface area contributed by atoms with E-state index in [9.17, 15) is 9.18 Å². The number of hydrogen-bond acceptors (Lipinski definition) is 3. The Bertz CT molecular complexity index is 621. The van der Waals surface area contributed by atoms with Gasteiger partial charge in [0.1, 0.15) is 5.82 Å². The smallest absolute Gasteiger partial charge is 0.252 e. The molecule has 0 atom stereocenters. The van der Waals surface area contributed by atoms with Crippen LogP contribution in [0, 0.1) is 5.82 Å². The molecular weight excluding hydrogens is 289 g/mol. The van der Waals surface area contributed by atoms with Crippen LogP contribution in [0.5, 0.6) is 0 Å². The number of nitrogens with one attached hydrogen (secondary N) is 1. The fourth-order valence-corrected chi connectivity index (χ4v) is 3.31. The monoisotopic (exact) mass is 305 g/mol. The van der Waals surface area contributed by atoms with E-state index >= 15 is 0 Å². The molecule has 2 heterocycles. The Hall–Kier alpha value is -1.72. The van der Waals surface area contributed by atoms with E-state index in [0.717, 1.165) is 5.56 Å². The summed E-state index contributed by atoms with van der Waals surface area (Å²) in [6, 6.07) is 8.25. The lowest BCUT2D eigenvalue weighted by Gasteiger charge is -2.38.